The van der Waals surface area contributed by atoms with Crippen molar-refractivity contribution in [1.29, 1.82) is 0 Å². The van der Waals surface area contributed by atoms with E-state index >= 15 is 0 Å². The third-order valence-corrected chi connectivity index (χ3v) is 6.04. The maximum atomic E-state index is 5.79. The monoisotopic (exact) mass is 380 g/mol. The van der Waals surface area contributed by atoms with Gasteiger partial charge in [-0.1, -0.05) is 13.8 Å². The number of hydrogen-bond acceptors (Lipinski definition) is 4. The van der Waals surface area contributed by atoms with Crippen LogP contribution in [0.1, 0.15) is 62.0 Å². The molecule has 5 nitrogen and oxygen atoms in total. The summed E-state index contributed by atoms with van der Waals surface area (Å²) in [5, 5.41) is 8.11. The first-order valence-corrected chi connectivity index (χ1v) is 11.0. The number of ether oxygens (including phenoxy) is 1. The summed E-state index contributed by atoms with van der Waals surface area (Å²) in [4.78, 5) is 10.7. The molecule has 148 valence electrons. The molecule has 1 aromatic rings. The largest absolute Gasteiger partial charge is 0.378 e. The fourth-order valence-corrected chi connectivity index (χ4v) is 4.53. The zero-order valence-corrected chi connectivity index (χ0v) is 17.8. The Morgan fingerprint density at radius 3 is 2.69 bits per heavy atom. The number of fused-ring (bicyclic) bond motifs is 1. The highest BCUT2D eigenvalue weighted by atomic mass is 32.1. The van der Waals surface area contributed by atoms with Crippen LogP contribution in [-0.4, -0.2) is 43.8 Å². The standard InChI is InChI=1S/C20H36N4OS/c1-5-25-17(15(2)3)12-14-23-20(21-4)22-13-8-11-19-24-16-9-6-7-10-18(16)26-19/h15,17H,5-14H2,1-4H3,(H2,21,22,23). The van der Waals surface area contributed by atoms with Gasteiger partial charge in [-0.3, -0.25) is 4.99 Å². The first-order chi connectivity index (χ1) is 12.6. The molecule has 1 unspecified atom stereocenters. The Bertz CT molecular complexity index is 533. The van der Waals surface area contributed by atoms with Gasteiger partial charge in [-0.05, 0) is 51.4 Å². The lowest BCUT2D eigenvalue weighted by Gasteiger charge is -2.21. The topological polar surface area (TPSA) is 58.5 Å². The predicted octanol–water partition coefficient (Wildman–Crippen LogP) is 3.57. The lowest BCUT2D eigenvalue weighted by molar-refractivity contribution is 0.0258. The van der Waals surface area contributed by atoms with Gasteiger partial charge in [0.15, 0.2) is 5.96 Å². The van der Waals surface area contributed by atoms with E-state index in [1.807, 2.05) is 18.4 Å². The van der Waals surface area contributed by atoms with Gasteiger partial charge in [0.2, 0.25) is 0 Å². The van der Waals surface area contributed by atoms with Gasteiger partial charge in [-0.2, -0.15) is 0 Å². The summed E-state index contributed by atoms with van der Waals surface area (Å²) in [5.74, 6) is 1.42. The Labute approximate surface area is 163 Å². The van der Waals surface area contributed by atoms with E-state index in [1.54, 1.807) is 0 Å². The van der Waals surface area contributed by atoms with Crippen molar-refractivity contribution in [2.24, 2.45) is 10.9 Å². The first kappa shape index (κ1) is 21.2. The van der Waals surface area contributed by atoms with E-state index in [4.69, 9.17) is 9.72 Å². The first-order valence-electron chi connectivity index (χ1n) is 10.2. The Hall–Kier alpha value is -1.14. The van der Waals surface area contributed by atoms with Crippen molar-refractivity contribution in [1.82, 2.24) is 15.6 Å². The molecule has 0 fully saturated rings. The lowest BCUT2D eigenvalue weighted by atomic mass is 10.0. The molecule has 2 rings (SSSR count). The summed E-state index contributed by atoms with van der Waals surface area (Å²) in [6, 6.07) is 0. The van der Waals surface area contributed by atoms with Crippen LogP contribution in [0, 0.1) is 5.92 Å². The number of hydrogen-bond donors (Lipinski definition) is 2. The number of aryl methyl sites for hydroxylation is 3. The maximum Gasteiger partial charge on any atom is 0.190 e. The van der Waals surface area contributed by atoms with Crippen molar-refractivity contribution in [3.63, 3.8) is 0 Å². The average molecular weight is 381 g/mol. The number of guanidine groups is 1. The van der Waals surface area contributed by atoms with Gasteiger partial charge in [-0.15, -0.1) is 11.3 Å². The van der Waals surface area contributed by atoms with Gasteiger partial charge in [0.25, 0.3) is 0 Å². The number of nitrogens with zero attached hydrogens (tertiary/aromatic N) is 2. The molecule has 1 aliphatic carbocycles. The Morgan fingerprint density at radius 1 is 1.23 bits per heavy atom. The molecule has 1 aromatic heterocycles. The second kappa shape index (κ2) is 11.5. The van der Waals surface area contributed by atoms with E-state index in [2.05, 4.69) is 36.4 Å². The zero-order chi connectivity index (χ0) is 18.8. The van der Waals surface area contributed by atoms with E-state index in [9.17, 15) is 0 Å². The molecule has 0 aliphatic heterocycles. The van der Waals surface area contributed by atoms with Gasteiger partial charge in [-0.25, -0.2) is 4.98 Å². The Morgan fingerprint density at radius 2 is 2.00 bits per heavy atom. The molecular formula is C20H36N4OS. The minimum absolute atomic E-state index is 0.307. The lowest BCUT2D eigenvalue weighted by Crippen LogP contribution is -2.39. The van der Waals surface area contributed by atoms with Crippen LogP contribution in [0.5, 0.6) is 0 Å². The van der Waals surface area contributed by atoms with Gasteiger partial charge >= 0.3 is 0 Å². The maximum absolute atomic E-state index is 5.79. The van der Waals surface area contributed by atoms with Crippen molar-refractivity contribution >= 4 is 17.3 Å². The number of aromatic nitrogens is 1. The van der Waals surface area contributed by atoms with Crippen molar-refractivity contribution in [3.8, 4) is 0 Å². The molecule has 0 saturated heterocycles. The highest BCUT2D eigenvalue weighted by molar-refractivity contribution is 7.11. The van der Waals surface area contributed by atoms with Crippen molar-refractivity contribution < 1.29 is 4.74 Å². The van der Waals surface area contributed by atoms with E-state index in [0.29, 0.717) is 12.0 Å². The van der Waals surface area contributed by atoms with Crippen molar-refractivity contribution in [3.05, 3.63) is 15.6 Å². The molecule has 0 bridgehead atoms. The van der Waals surface area contributed by atoms with Crippen molar-refractivity contribution in [2.75, 3.05) is 26.7 Å². The second-order valence-electron chi connectivity index (χ2n) is 7.24. The molecule has 6 heteroatoms. The Balaban J connectivity index is 1.63. The van der Waals surface area contributed by atoms with Gasteiger partial charge < -0.3 is 15.4 Å². The number of nitrogens with one attached hydrogen (secondary N) is 2. The number of rotatable bonds is 10. The van der Waals surface area contributed by atoms with E-state index < -0.39 is 0 Å². The fraction of sp³-hybridized carbons (Fsp3) is 0.800. The highest BCUT2D eigenvalue weighted by Gasteiger charge is 2.15. The molecule has 0 aromatic carbocycles. The number of aliphatic imine (C=N–C) groups is 1. The summed E-state index contributed by atoms with van der Waals surface area (Å²) in [5.41, 5.74) is 1.37. The average Bonchev–Trinajstić information content (AvgIpc) is 3.05. The van der Waals surface area contributed by atoms with Crippen LogP contribution >= 0.6 is 11.3 Å². The number of thiazole rings is 1. The molecule has 1 heterocycles. The molecule has 2 N–H and O–H groups in total. The predicted molar refractivity (Wildman–Crippen MR) is 111 cm³/mol. The van der Waals surface area contributed by atoms with Crippen LogP contribution in [-0.2, 0) is 24.0 Å². The summed E-state index contributed by atoms with van der Waals surface area (Å²) in [7, 11) is 1.83. The van der Waals surface area contributed by atoms with E-state index in [1.165, 1.54) is 41.3 Å². The summed E-state index contributed by atoms with van der Waals surface area (Å²) < 4.78 is 5.79. The molecule has 0 amide bonds. The van der Waals surface area contributed by atoms with Crippen LogP contribution in [0.2, 0.25) is 0 Å². The molecule has 1 atom stereocenters. The molecule has 0 radical (unpaired) electrons. The third kappa shape index (κ3) is 6.88. The van der Waals surface area contributed by atoms with Crippen LogP contribution in [0.15, 0.2) is 4.99 Å². The summed E-state index contributed by atoms with van der Waals surface area (Å²) >= 11 is 1.93. The molecule has 26 heavy (non-hydrogen) atoms. The van der Waals surface area contributed by atoms with Crippen LogP contribution < -0.4 is 10.6 Å². The summed E-state index contributed by atoms with van der Waals surface area (Å²) in [6.45, 7) is 9.05. The third-order valence-electron chi connectivity index (χ3n) is 4.82. The van der Waals surface area contributed by atoms with Crippen LogP contribution in [0.25, 0.3) is 0 Å². The van der Waals surface area contributed by atoms with Crippen LogP contribution in [0.3, 0.4) is 0 Å². The Kier molecular flexibility index (Phi) is 9.40. The molecule has 1 aliphatic rings. The minimum atomic E-state index is 0.307. The summed E-state index contributed by atoms with van der Waals surface area (Å²) in [6.07, 6.45) is 8.50. The fourth-order valence-electron chi connectivity index (χ4n) is 3.34. The highest BCUT2D eigenvalue weighted by Crippen LogP contribution is 2.27. The van der Waals surface area contributed by atoms with Gasteiger partial charge in [0.05, 0.1) is 16.8 Å². The minimum Gasteiger partial charge on any atom is -0.378 e. The normalized spacial score (nSPS) is 15.8. The van der Waals surface area contributed by atoms with Gasteiger partial charge in [0, 0.05) is 38.0 Å². The van der Waals surface area contributed by atoms with E-state index in [0.717, 1.165) is 44.9 Å². The molecule has 0 spiro atoms. The van der Waals surface area contributed by atoms with E-state index in [-0.39, 0.29) is 0 Å². The molecular weight excluding hydrogens is 344 g/mol. The SMILES string of the molecule is CCOC(CCNC(=NC)NCCCc1nc2c(s1)CCCC2)C(C)C. The second-order valence-corrected chi connectivity index (χ2v) is 8.41. The van der Waals surface area contributed by atoms with Crippen LogP contribution in [0.4, 0.5) is 0 Å². The van der Waals surface area contributed by atoms with Gasteiger partial charge in [0.1, 0.15) is 0 Å². The zero-order valence-electron chi connectivity index (χ0n) is 16.9. The van der Waals surface area contributed by atoms with Crippen molar-refractivity contribution in [2.45, 2.75) is 71.8 Å². The molecule has 0 saturated carbocycles. The quantitative estimate of drug-likeness (QED) is 0.370. The smallest absolute Gasteiger partial charge is 0.190 e.